The number of guanidine groups is 1. The van der Waals surface area contributed by atoms with Gasteiger partial charge >= 0.3 is 0 Å². The number of hydrogen-bond donors (Lipinski definition) is 2. The molecule has 0 heterocycles. The van der Waals surface area contributed by atoms with Crippen LogP contribution in [0, 0.1) is 6.92 Å². The van der Waals surface area contributed by atoms with Crippen LogP contribution in [0.4, 0.5) is 0 Å². The third-order valence-corrected chi connectivity index (χ3v) is 4.50. The molecule has 0 aliphatic carbocycles. The van der Waals surface area contributed by atoms with Gasteiger partial charge in [-0.05, 0) is 49.1 Å². The van der Waals surface area contributed by atoms with E-state index in [0.717, 1.165) is 48.2 Å². The lowest BCUT2D eigenvalue weighted by molar-refractivity contribution is 0.354. The van der Waals surface area contributed by atoms with E-state index in [9.17, 15) is 0 Å². The number of aliphatic imine (C=N–C) groups is 1. The van der Waals surface area contributed by atoms with Gasteiger partial charge in [0.05, 0.1) is 21.3 Å². The Balaban J connectivity index is 1.80. The number of aryl methyl sites for hydroxylation is 2. The van der Waals surface area contributed by atoms with Crippen molar-refractivity contribution in [1.29, 1.82) is 0 Å². The molecule has 0 aromatic heterocycles. The van der Waals surface area contributed by atoms with Crippen molar-refractivity contribution < 1.29 is 14.2 Å². The van der Waals surface area contributed by atoms with Crippen molar-refractivity contribution in [1.82, 2.24) is 10.6 Å². The molecule has 0 unspecified atom stereocenters. The van der Waals surface area contributed by atoms with Crippen molar-refractivity contribution in [2.75, 3.05) is 34.9 Å². The summed E-state index contributed by atoms with van der Waals surface area (Å²) in [5, 5.41) is 6.69. The molecule has 0 spiro atoms. The molecule has 2 aromatic carbocycles. The first-order chi connectivity index (χ1) is 13.6. The monoisotopic (exact) mass is 385 g/mol. The highest BCUT2D eigenvalue weighted by Crippen LogP contribution is 2.27. The van der Waals surface area contributed by atoms with Crippen LogP contribution >= 0.6 is 0 Å². The van der Waals surface area contributed by atoms with Crippen molar-refractivity contribution in [3.63, 3.8) is 0 Å². The van der Waals surface area contributed by atoms with Crippen LogP contribution in [-0.2, 0) is 13.0 Å². The Kier molecular flexibility index (Phi) is 8.46. The van der Waals surface area contributed by atoms with Crippen molar-refractivity contribution in [2.24, 2.45) is 4.99 Å². The molecule has 0 saturated carbocycles. The maximum Gasteiger partial charge on any atom is 0.191 e. The number of hydrogen-bond acceptors (Lipinski definition) is 4. The molecule has 2 rings (SSSR count). The first kappa shape index (κ1) is 21.4. The normalized spacial score (nSPS) is 11.1. The molecule has 0 aliphatic rings. The molecule has 152 valence electrons. The number of nitrogens with one attached hydrogen (secondary N) is 2. The van der Waals surface area contributed by atoms with Crippen LogP contribution in [-0.4, -0.2) is 40.9 Å². The predicted molar refractivity (Wildman–Crippen MR) is 114 cm³/mol. The van der Waals surface area contributed by atoms with E-state index in [1.807, 2.05) is 18.2 Å². The third-order valence-electron chi connectivity index (χ3n) is 4.50. The smallest absolute Gasteiger partial charge is 0.191 e. The maximum absolute atomic E-state index is 5.46. The summed E-state index contributed by atoms with van der Waals surface area (Å²) in [5.74, 6) is 3.17. The topological polar surface area (TPSA) is 64.1 Å². The highest BCUT2D eigenvalue weighted by atomic mass is 16.5. The summed E-state index contributed by atoms with van der Waals surface area (Å²) >= 11 is 0. The Bertz CT molecular complexity index is 791. The zero-order valence-corrected chi connectivity index (χ0v) is 17.5. The van der Waals surface area contributed by atoms with Gasteiger partial charge in [0.15, 0.2) is 17.5 Å². The molecule has 0 atom stereocenters. The van der Waals surface area contributed by atoms with E-state index in [1.54, 1.807) is 28.4 Å². The number of methoxy groups -OCH3 is 3. The van der Waals surface area contributed by atoms with Gasteiger partial charge in [-0.3, -0.25) is 4.99 Å². The Morgan fingerprint density at radius 3 is 2.32 bits per heavy atom. The minimum Gasteiger partial charge on any atom is -0.496 e. The van der Waals surface area contributed by atoms with E-state index in [0.29, 0.717) is 6.54 Å². The fourth-order valence-corrected chi connectivity index (χ4v) is 2.93. The minimum absolute atomic E-state index is 0.652. The molecule has 2 N–H and O–H groups in total. The van der Waals surface area contributed by atoms with E-state index in [-0.39, 0.29) is 0 Å². The lowest BCUT2D eigenvalue weighted by Crippen LogP contribution is -2.37. The molecule has 0 fully saturated rings. The Morgan fingerprint density at radius 2 is 1.64 bits per heavy atom. The molecule has 0 bridgehead atoms. The van der Waals surface area contributed by atoms with Crippen LogP contribution in [0.15, 0.2) is 41.4 Å². The van der Waals surface area contributed by atoms with Gasteiger partial charge in [-0.2, -0.15) is 0 Å². The summed E-state index contributed by atoms with van der Waals surface area (Å²) in [4.78, 5) is 4.29. The summed E-state index contributed by atoms with van der Waals surface area (Å²) < 4.78 is 16.1. The van der Waals surface area contributed by atoms with Crippen molar-refractivity contribution in [3.8, 4) is 17.2 Å². The van der Waals surface area contributed by atoms with E-state index in [4.69, 9.17) is 14.2 Å². The molecule has 0 amide bonds. The van der Waals surface area contributed by atoms with Crippen LogP contribution in [0.2, 0.25) is 0 Å². The SMILES string of the molecule is CN=C(NCCCc1ccc(OC)c(OC)c1)NCc1ccc(C)cc1OC. The van der Waals surface area contributed by atoms with E-state index in [1.165, 1.54) is 11.1 Å². The van der Waals surface area contributed by atoms with Crippen LogP contribution in [0.25, 0.3) is 0 Å². The zero-order valence-electron chi connectivity index (χ0n) is 17.5. The quantitative estimate of drug-likeness (QED) is 0.394. The highest BCUT2D eigenvalue weighted by Gasteiger charge is 2.06. The van der Waals surface area contributed by atoms with Gasteiger partial charge in [0, 0.05) is 25.7 Å². The average molecular weight is 386 g/mol. The first-order valence-electron chi connectivity index (χ1n) is 9.40. The Morgan fingerprint density at radius 1 is 0.893 bits per heavy atom. The summed E-state index contributed by atoms with van der Waals surface area (Å²) in [5.41, 5.74) is 3.49. The van der Waals surface area contributed by atoms with Gasteiger partial charge in [0.1, 0.15) is 5.75 Å². The van der Waals surface area contributed by atoms with Gasteiger partial charge in [-0.15, -0.1) is 0 Å². The second-order valence-electron chi connectivity index (χ2n) is 6.46. The van der Waals surface area contributed by atoms with Crippen molar-refractivity contribution in [3.05, 3.63) is 53.1 Å². The molecule has 6 nitrogen and oxygen atoms in total. The lowest BCUT2D eigenvalue weighted by atomic mass is 10.1. The molecule has 0 aliphatic heterocycles. The Hall–Kier alpha value is -2.89. The Labute approximate surface area is 167 Å². The van der Waals surface area contributed by atoms with Gasteiger partial charge in [0.25, 0.3) is 0 Å². The van der Waals surface area contributed by atoms with Gasteiger partial charge < -0.3 is 24.8 Å². The lowest BCUT2D eigenvalue weighted by Gasteiger charge is -2.14. The number of benzene rings is 2. The standard InChI is InChI=1S/C22H31N3O3/c1-16-8-10-18(20(13-16)27-4)15-25-22(23-2)24-12-6-7-17-9-11-19(26-3)21(14-17)28-5/h8-11,13-14H,6-7,12,15H2,1-5H3,(H2,23,24,25). The summed E-state index contributed by atoms with van der Waals surface area (Å²) in [6.45, 7) is 3.52. The number of rotatable bonds is 9. The summed E-state index contributed by atoms with van der Waals surface area (Å²) in [7, 11) is 6.77. The highest BCUT2D eigenvalue weighted by molar-refractivity contribution is 5.79. The minimum atomic E-state index is 0.652. The van der Waals surface area contributed by atoms with Gasteiger partial charge in [-0.25, -0.2) is 0 Å². The second-order valence-corrected chi connectivity index (χ2v) is 6.46. The summed E-state index contributed by atoms with van der Waals surface area (Å²) in [6.07, 6.45) is 1.92. The molecule has 0 radical (unpaired) electrons. The van der Waals surface area contributed by atoms with Crippen molar-refractivity contribution >= 4 is 5.96 Å². The van der Waals surface area contributed by atoms with E-state index < -0.39 is 0 Å². The van der Waals surface area contributed by atoms with Crippen molar-refractivity contribution in [2.45, 2.75) is 26.3 Å². The van der Waals surface area contributed by atoms with E-state index >= 15 is 0 Å². The molecular formula is C22H31N3O3. The molecule has 2 aromatic rings. The average Bonchev–Trinajstić information content (AvgIpc) is 2.73. The molecule has 28 heavy (non-hydrogen) atoms. The molecule has 0 saturated heterocycles. The van der Waals surface area contributed by atoms with Crippen LogP contribution in [0.1, 0.15) is 23.1 Å². The van der Waals surface area contributed by atoms with Crippen LogP contribution in [0.5, 0.6) is 17.2 Å². The van der Waals surface area contributed by atoms with Gasteiger partial charge in [-0.1, -0.05) is 18.2 Å². The van der Waals surface area contributed by atoms with Gasteiger partial charge in [0.2, 0.25) is 0 Å². The summed E-state index contributed by atoms with van der Waals surface area (Å²) in [6, 6.07) is 12.2. The second kappa shape index (κ2) is 11.1. The zero-order chi connectivity index (χ0) is 20.4. The first-order valence-corrected chi connectivity index (χ1v) is 9.40. The predicted octanol–water partition coefficient (Wildman–Crippen LogP) is 3.32. The van der Waals surface area contributed by atoms with E-state index in [2.05, 4.69) is 40.7 Å². The number of nitrogens with zero attached hydrogens (tertiary/aromatic N) is 1. The fourth-order valence-electron chi connectivity index (χ4n) is 2.93. The third kappa shape index (κ3) is 6.08. The maximum atomic E-state index is 5.46. The molecular weight excluding hydrogens is 354 g/mol. The fraction of sp³-hybridized carbons (Fsp3) is 0.409. The largest absolute Gasteiger partial charge is 0.496 e. The molecule has 6 heteroatoms. The number of ether oxygens (including phenoxy) is 3. The van der Waals surface area contributed by atoms with Crippen LogP contribution < -0.4 is 24.8 Å². The van der Waals surface area contributed by atoms with Crippen LogP contribution in [0.3, 0.4) is 0 Å².